The number of aromatic nitrogens is 2. The number of aliphatic hydroxyl groups excluding tert-OH is 1. The molecule has 5 nitrogen and oxygen atoms in total. The van der Waals surface area contributed by atoms with Crippen molar-refractivity contribution in [1.82, 2.24) is 9.55 Å². The van der Waals surface area contributed by atoms with Crippen LogP contribution in [0.2, 0.25) is 0 Å². The number of nitrogens with one attached hydrogen (secondary N) is 1. The smallest absolute Gasteiger partial charge is 0.326 e. The van der Waals surface area contributed by atoms with Crippen LogP contribution in [0, 0.1) is 0 Å². The summed E-state index contributed by atoms with van der Waals surface area (Å²) in [6, 6.07) is 5.78. The number of rotatable bonds is 3. The summed E-state index contributed by atoms with van der Waals surface area (Å²) in [6.45, 7) is 0.156. The average Bonchev–Trinajstić information content (AvgIpc) is 3.10. The normalized spacial score (nSPS) is 17.5. The van der Waals surface area contributed by atoms with Gasteiger partial charge < -0.3 is 15.8 Å². The summed E-state index contributed by atoms with van der Waals surface area (Å²) in [6.07, 6.45) is 1.33. The van der Waals surface area contributed by atoms with E-state index in [4.69, 9.17) is 5.73 Å². The van der Waals surface area contributed by atoms with Crippen molar-refractivity contribution in [3.63, 3.8) is 0 Å². The molecule has 2 aromatic rings. The minimum atomic E-state index is -0.723. The number of hydrogen-bond donors (Lipinski definition) is 3. The molecule has 1 aliphatic rings. The lowest BCUT2D eigenvalue weighted by atomic mass is 10.1. The molecule has 0 spiro atoms. The van der Waals surface area contributed by atoms with Gasteiger partial charge in [0, 0.05) is 18.2 Å². The van der Waals surface area contributed by atoms with E-state index < -0.39 is 6.10 Å². The van der Waals surface area contributed by atoms with Crippen LogP contribution in [0.1, 0.15) is 30.6 Å². The monoisotopic (exact) mass is 233 g/mol. The number of hydrogen-bond acceptors (Lipinski definition) is 3. The number of fused-ring (bicyclic) bond motifs is 1. The lowest BCUT2D eigenvalue weighted by Crippen LogP contribution is -2.17. The molecule has 0 radical (unpaired) electrons. The van der Waals surface area contributed by atoms with Crippen LogP contribution in [-0.4, -0.2) is 21.2 Å². The fraction of sp³-hybridized carbons (Fsp3) is 0.417. The minimum absolute atomic E-state index is 0.0980. The van der Waals surface area contributed by atoms with Crippen LogP contribution in [0.3, 0.4) is 0 Å². The molecule has 1 fully saturated rings. The van der Waals surface area contributed by atoms with E-state index in [1.54, 1.807) is 4.57 Å². The highest BCUT2D eigenvalue weighted by atomic mass is 16.3. The third kappa shape index (κ3) is 1.59. The lowest BCUT2D eigenvalue weighted by molar-refractivity contribution is 0.188. The summed E-state index contributed by atoms with van der Waals surface area (Å²) in [4.78, 5) is 14.7. The van der Waals surface area contributed by atoms with Gasteiger partial charge in [-0.3, -0.25) is 4.57 Å². The Morgan fingerprint density at radius 3 is 2.94 bits per heavy atom. The number of nitrogens with zero attached hydrogens (tertiary/aromatic N) is 1. The largest absolute Gasteiger partial charge is 0.387 e. The van der Waals surface area contributed by atoms with Crippen molar-refractivity contribution < 1.29 is 5.11 Å². The van der Waals surface area contributed by atoms with Gasteiger partial charge in [-0.05, 0) is 18.9 Å². The fourth-order valence-corrected chi connectivity index (χ4v) is 2.29. The lowest BCUT2D eigenvalue weighted by Gasteiger charge is -2.11. The van der Waals surface area contributed by atoms with Crippen molar-refractivity contribution in [2.45, 2.75) is 25.0 Å². The first-order chi connectivity index (χ1) is 8.22. The predicted molar refractivity (Wildman–Crippen MR) is 64.8 cm³/mol. The van der Waals surface area contributed by atoms with Crippen LogP contribution < -0.4 is 11.4 Å². The Balaban J connectivity index is 2.31. The first-order valence-corrected chi connectivity index (χ1v) is 5.83. The van der Waals surface area contributed by atoms with Gasteiger partial charge in [0.15, 0.2) is 0 Å². The van der Waals surface area contributed by atoms with E-state index in [-0.39, 0.29) is 18.3 Å². The highest BCUT2D eigenvalue weighted by Crippen LogP contribution is 2.37. The van der Waals surface area contributed by atoms with Crippen molar-refractivity contribution in [2.24, 2.45) is 5.73 Å². The van der Waals surface area contributed by atoms with E-state index in [0.717, 1.165) is 29.4 Å². The van der Waals surface area contributed by atoms with Gasteiger partial charge in [-0.15, -0.1) is 0 Å². The van der Waals surface area contributed by atoms with E-state index in [1.165, 1.54) is 0 Å². The predicted octanol–water partition coefficient (Wildman–Crippen LogP) is 0.657. The zero-order valence-corrected chi connectivity index (χ0v) is 9.39. The molecule has 90 valence electrons. The zero-order chi connectivity index (χ0) is 12.0. The summed E-state index contributed by atoms with van der Waals surface area (Å²) >= 11 is 0. The number of benzene rings is 1. The quantitative estimate of drug-likeness (QED) is 0.728. The third-order valence-corrected chi connectivity index (χ3v) is 3.26. The summed E-state index contributed by atoms with van der Waals surface area (Å²) in [5.74, 6) is 0. The second-order valence-electron chi connectivity index (χ2n) is 4.53. The Bertz CT molecular complexity index is 610. The van der Waals surface area contributed by atoms with Crippen molar-refractivity contribution in [3.8, 4) is 0 Å². The van der Waals surface area contributed by atoms with E-state index >= 15 is 0 Å². The van der Waals surface area contributed by atoms with Crippen LogP contribution in [0.4, 0.5) is 0 Å². The van der Waals surface area contributed by atoms with Gasteiger partial charge in [-0.1, -0.05) is 12.1 Å². The van der Waals surface area contributed by atoms with Gasteiger partial charge in [0.2, 0.25) is 0 Å². The molecule has 1 aliphatic carbocycles. The van der Waals surface area contributed by atoms with Gasteiger partial charge in [0.25, 0.3) is 0 Å². The maximum atomic E-state index is 11.9. The maximum absolute atomic E-state index is 11.9. The Morgan fingerprint density at radius 2 is 2.29 bits per heavy atom. The van der Waals surface area contributed by atoms with Gasteiger partial charge >= 0.3 is 5.69 Å². The molecule has 1 heterocycles. The number of imidazole rings is 1. The Labute approximate surface area is 97.9 Å². The SMILES string of the molecule is NCC(O)c1cccc2[nH]c(=O)n(C3CC3)c12. The number of para-hydroxylation sites is 1. The highest BCUT2D eigenvalue weighted by molar-refractivity contribution is 5.79. The molecule has 0 aliphatic heterocycles. The Morgan fingerprint density at radius 1 is 1.53 bits per heavy atom. The topological polar surface area (TPSA) is 84.0 Å². The number of aliphatic hydroxyl groups is 1. The van der Waals surface area contributed by atoms with Crippen molar-refractivity contribution in [2.75, 3.05) is 6.54 Å². The Kier molecular flexibility index (Phi) is 2.31. The van der Waals surface area contributed by atoms with Crippen LogP contribution in [-0.2, 0) is 0 Å². The second kappa shape index (κ2) is 3.72. The molecule has 4 N–H and O–H groups in total. The number of H-pyrrole nitrogens is 1. The van der Waals surface area contributed by atoms with Crippen molar-refractivity contribution >= 4 is 11.0 Å². The van der Waals surface area contributed by atoms with Crippen LogP contribution in [0.5, 0.6) is 0 Å². The summed E-state index contributed by atoms with van der Waals surface area (Å²) in [7, 11) is 0. The molecule has 0 saturated heterocycles. The molecule has 1 aromatic carbocycles. The van der Waals surface area contributed by atoms with Gasteiger partial charge in [-0.2, -0.15) is 0 Å². The molecule has 5 heteroatoms. The van der Waals surface area contributed by atoms with E-state index in [0.29, 0.717) is 0 Å². The van der Waals surface area contributed by atoms with E-state index in [1.807, 2.05) is 18.2 Å². The molecule has 1 atom stereocenters. The molecule has 3 rings (SSSR count). The number of aromatic amines is 1. The van der Waals surface area contributed by atoms with Gasteiger partial charge in [0.1, 0.15) is 0 Å². The molecular weight excluding hydrogens is 218 g/mol. The van der Waals surface area contributed by atoms with Crippen LogP contribution in [0.25, 0.3) is 11.0 Å². The zero-order valence-electron chi connectivity index (χ0n) is 9.39. The fourth-order valence-electron chi connectivity index (χ4n) is 2.29. The van der Waals surface area contributed by atoms with Crippen LogP contribution >= 0.6 is 0 Å². The van der Waals surface area contributed by atoms with Gasteiger partial charge in [-0.25, -0.2) is 4.79 Å². The first kappa shape index (κ1) is 10.6. The average molecular weight is 233 g/mol. The molecular formula is C12H15N3O2. The van der Waals surface area contributed by atoms with E-state index in [2.05, 4.69) is 4.98 Å². The Hall–Kier alpha value is -1.59. The maximum Gasteiger partial charge on any atom is 0.326 e. The molecule has 0 amide bonds. The number of nitrogens with two attached hydrogens (primary N) is 1. The first-order valence-electron chi connectivity index (χ1n) is 5.83. The van der Waals surface area contributed by atoms with Crippen molar-refractivity contribution in [3.05, 3.63) is 34.2 Å². The minimum Gasteiger partial charge on any atom is -0.387 e. The standard InChI is InChI=1S/C12H15N3O2/c13-6-10(16)8-2-1-3-9-11(8)15(7-4-5-7)12(17)14-9/h1-3,7,10,16H,4-6,13H2,(H,14,17). The summed E-state index contributed by atoms with van der Waals surface area (Å²) in [5, 5.41) is 9.91. The molecule has 0 bridgehead atoms. The van der Waals surface area contributed by atoms with Crippen LogP contribution in [0.15, 0.2) is 23.0 Å². The third-order valence-electron chi connectivity index (χ3n) is 3.26. The molecule has 17 heavy (non-hydrogen) atoms. The van der Waals surface area contributed by atoms with Gasteiger partial charge in [0.05, 0.1) is 17.1 Å². The molecule has 1 saturated carbocycles. The summed E-state index contributed by atoms with van der Waals surface area (Å²) in [5.41, 5.74) is 7.70. The molecule has 1 unspecified atom stereocenters. The highest BCUT2D eigenvalue weighted by Gasteiger charge is 2.28. The second-order valence-corrected chi connectivity index (χ2v) is 4.53. The van der Waals surface area contributed by atoms with Crippen molar-refractivity contribution in [1.29, 1.82) is 0 Å². The van der Waals surface area contributed by atoms with E-state index in [9.17, 15) is 9.90 Å². The summed E-state index contributed by atoms with van der Waals surface area (Å²) < 4.78 is 1.75. The molecule has 1 aromatic heterocycles.